The van der Waals surface area contributed by atoms with Crippen molar-refractivity contribution >= 4 is 16.8 Å². The molecule has 1 saturated carbocycles. The second-order valence-electron chi connectivity index (χ2n) is 4.91. The third kappa shape index (κ3) is 3.04. The van der Waals surface area contributed by atoms with Crippen LogP contribution in [0.25, 0.3) is 0 Å². The molecule has 0 aromatic rings. The van der Waals surface area contributed by atoms with Gasteiger partial charge in [-0.05, 0) is 31.1 Å². The van der Waals surface area contributed by atoms with Crippen LogP contribution in [0.5, 0.6) is 0 Å². The Morgan fingerprint density at radius 3 is 2.50 bits per heavy atom. The van der Waals surface area contributed by atoms with E-state index in [2.05, 4.69) is 0 Å². The minimum Gasteiger partial charge on any atom is -0.481 e. The molecule has 16 heavy (non-hydrogen) atoms. The van der Waals surface area contributed by atoms with Gasteiger partial charge in [-0.2, -0.15) is 0 Å². The lowest BCUT2D eigenvalue weighted by molar-refractivity contribution is -0.138. The first-order chi connectivity index (χ1) is 7.61. The molecule has 92 valence electrons. The zero-order chi connectivity index (χ0) is 11.6. The number of hydrogen-bond acceptors (Lipinski definition) is 3. The quantitative estimate of drug-likeness (QED) is 0.791. The molecule has 1 saturated heterocycles. The molecule has 1 aliphatic carbocycles. The van der Waals surface area contributed by atoms with Crippen LogP contribution in [0.4, 0.5) is 0 Å². The van der Waals surface area contributed by atoms with E-state index in [1.54, 1.807) is 0 Å². The monoisotopic (exact) mass is 246 g/mol. The van der Waals surface area contributed by atoms with Gasteiger partial charge in [-0.15, -0.1) is 0 Å². The van der Waals surface area contributed by atoms with E-state index < -0.39 is 16.8 Å². The van der Waals surface area contributed by atoms with Crippen molar-refractivity contribution in [3.8, 4) is 0 Å². The zero-order valence-corrected chi connectivity index (χ0v) is 10.1. The van der Waals surface area contributed by atoms with Gasteiger partial charge in [0.2, 0.25) is 0 Å². The summed E-state index contributed by atoms with van der Waals surface area (Å²) in [4.78, 5) is 10.7. The van der Waals surface area contributed by atoms with Crippen molar-refractivity contribution in [2.45, 2.75) is 37.4 Å². The number of aliphatic carboxylic acids is 1. The first-order valence-corrected chi connectivity index (χ1v) is 7.16. The fourth-order valence-electron chi connectivity index (χ4n) is 2.23. The maximum atomic E-state index is 12.1. The van der Waals surface area contributed by atoms with Crippen molar-refractivity contribution in [2.75, 3.05) is 19.0 Å². The van der Waals surface area contributed by atoms with Gasteiger partial charge in [-0.25, -0.2) is 0 Å². The normalized spacial score (nSPS) is 26.2. The van der Waals surface area contributed by atoms with E-state index in [0.29, 0.717) is 19.0 Å². The van der Waals surface area contributed by atoms with Gasteiger partial charge in [-0.1, -0.05) is 0 Å². The molecule has 0 aromatic heterocycles. The smallest absolute Gasteiger partial charge is 0.303 e. The molecular weight excluding hydrogens is 228 g/mol. The van der Waals surface area contributed by atoms with Gasteiger partial charge in [-0.3, -0.25) is 9.00 Å². The molecule has 2 fully saturated rings. The van der Waals surface area contributed by atoms with Gasteiger partial charge in [0.1, 0.15) is 0 Å². The molecule has 1 atom stereocenters. The first kappa shape index (κ1) is 12.0. The van der Waals surface area contributed by atoms with Crippen molar-refractivity contribution in [1.82, 2.24) is 0 Å². The molecule has 2 rings (SSSR count). The van der Waals surface area contributed by atoms with Gasteiger partial charge >= 0.3 is 5.97 Å². The number of ether oxygens (including phenoxy) is 1. The third-order valence-electron chi connectivity index (χ3n) is 3.47. The molecule has 0 amide bonds. The minimum absolute atomic E-state index is 0.144. The lowest BCUT2D eigenvalue weighted by Gasteiger charge is -2.23. The summed E-state index contributed by atoms with van der Waals surface area (Å²) in [5.74, 6) is -0.189. The Hall–Kier alpha value is -0.420. The van der Waals surface area contributed by atoms with Crippen LogP contribution >= 0.6 is 0 Å². The number of carbonyl (C=O) groups is 1. The fraction of sp³-hybridized carbons (Fsp3) is 0.909. The van der Waals surface area contributed by atoms with E-state index in [1.165, 1.54) is 0 Å². The topological polar surface area (TPSA) is 63.6 Å². The van der Waals surface area contributed by atoms with Gasteiger partial charge < -0.3 is 9.84 Å². The van der Waals surface area contributed by atoms with Crippen LogP contribution in [-0.4, -0.2) is 39.5 Å². The lowest BCUT2D eigenvalue weighted by Crippen LogP contribution is -2.29. The SMILES string of the molecule is O=C(O)CC1(CS(=O)C2CCOCC2)CC1. The van der Waals surface area contributed by atoms with Crippen molar-refractivity contribution < 1.29 is 18.8 Å². The summed E-state index contributed by atoms with van der Waals surface area (Å²) in [5, 5.41) is 9.02. The Morgan fingerprint density at radius 1 is 1.38 bits per heavy atom. The highest BCUT2D eigenvalue weighted by molar-refractivity contribution is 7.85. The predicted molar refractivity (Wildman–Crippen MR) is 60.8 cm³/mol. The molecule has 1 aliphatic heterocycles. The fourth-order valence-corrected chi connectivity index (χ4v) is 4.18. The number of rotatable bonds is 5. The van der Waals surface area contributed by atoms with E-state index in [-0.39, 0.29) is 17.1 Å². The largest absolute Gasteiger partial charge is 0.481 e. The summed E-state index contributed by atoms with van der Waals surface area (Å²) in [7, 11) is -0.873. The molecule has 1 N–H and O–H groups in total. The maximum Gasteiger partial charge on any atom is 0.303 e. The second kappa shape index (κ2) is 4.84. The molecule has 4 nitrogen and oxygen atoms in total. The van der Waals surface area contributed by atoms with Gasteiger partial charge in [0.15, 0.2) is 0 Å². The van der Waals surface area contributed by atoms with Crippen LogP contribution in [0.1, 0.15) is 32.1 Å². The maximum absolute atomic E-state index is 12.1. The van der Waals surface area contributed by atoms with Crippen LogP contribution in [0.2, 0.25) is 0 Å². The summed E-state index contributed by atoms with van der Waals surface area (Å²) >= 11 is 0. The third-order valence-corrected chi connectivity index (χ3v) is 5.58. The molecule has 1 unspecified atom stereocenters. The highest BCUT2D eigenvalue weighted by atomic mass is 32.2. The van der Waals surface area contributed by atoms with E-state index in [1.807, 2.05) is 0 Å². The van der Waals surface area contributed by atoms with Crippen molar-refractivity contribution in [2.24, 2.45) is 5.41 Å². The Balaban J connectivity index is 1.84. The van der Waals surface area contributed by atoms with Crippen LogP contribution in [0, 0.1) is 5.41 Å². The summed E-state index contributed by atoms with van der Waals surface area (Å²) in [6.07, 6.45) is 3.75. The van der Waals surface area contributed by atoms with E-state index >= 15 is 0 Å². The summed E-state index contributed by atoms with van der Waals surface area (Å²) in [6.45, 7) is 1.39. The second-order valence-corrected chi connectivity index (χ2v) is 6.62. The number of carboxylic acid groups (broad SMARTS) is 1. The minimum atomic E-state index is -0.873. The van der Waals surface area contributed by atoms with Crippen molar-refractivity contribution in [1.29, 1.82) is 0 Å². The highest BCUT2D eigenvalue weighted by Gasteiger charge is 2.46. The Bertz CT molecular complexity index is 292. The van der Waals surface area contributed by atoms with Crippen LogP contribution in [-0.2, 0) is 20.3 Å². The molecule has 0 spiro atoms. The van der Waals surface area contributed by atoms with Crippen molar-refractivity contribution in [3.63, 3.8) is 0 Å². The number of carboxylic acids is 1. The molecule has 0 bridgehead atoms. The Morgan fingerprint density at radius 2 is 2.00 bits per heavy atom. The molecule has 0 radical (unpaired) electrons. The first-order valence-electron chi connectivity index (χ1n) is 5.78. The average molecular weight is 246 g/mol. The zero-order valence-electron chi connectivity index (χ0n) is 9.31. The van der Waals surface area contributed by atoms with E-state index in [0.717, 1.165) is 25.7 Å². The molecule has 1 heterocycles. The number of hydrogen-bond donors (Lipinski definition) is 1. The molecule has 0 aromatic carbocycles. The van der Waals surface area contributed by atoms with Crippen LogP contribution in [0.15, 0.2) is 0 Å². The Labute approximate surface area is 97.8 Å². The van der Waals surface area contributed by atoms with E-state index in [4.69, 9.17) is 9.84 Å². The van der Waals surface area contributed by atoms with E-state index in [9.17, 15) is 9.00 Å². The van der Waals surface area contributed by atoms with Gasteiger partial charge in [0, 0.05) is 35.0 Å². The van der Waals surface area contributed by atoms with Crippen LogP contribution < -0.4 is 0 Å². The van der Waals surface area contributed by atoms with Crippen molar-refractivity contribution in [3.05, 3.63) is 0 Å². The lowest BCUT2D eigenvalue weighted by atomic mass is 10.1. The molecule has 2 aliphatic rings. The molecular formula is C11H18O4S. The summed E-state index contributed by atoms with van der Waals surface area (Å²) in [5.41, 5.74) is -0.144. The molecule has 5 heteroatoms. The van der Waals surface area contributed by atoms with Crippen LogP contribution in [0.3, 0.4) is 0 Å². The highest BCUT2D eigenvalue weighted by Crippen LogP contribution is 2.49. The predicted octanol–water partition coefficient (Wildman–Crippen LogP) is 1.17. The summed E-state index contributed by atoms with van der Waals surface area (Å²) < 4.78 is 17.3. The van der Waals surface area contributed by atoms with Gasteiger partial charge in [0.25, 0.3) is 0 Å². The Kier molecular flexibility index (Phi) is 3.64. The standard InChI is InChI=1S/C11H18O4S/c12-10(13)7-11(3-4-11)8-16(14)9-1-5-15-6-2-9/h9H,1-8H2,(H,12,13). The van der Waals surface area contributed by atoms with Gasteiger partial charge in [0.05, 0.1) is 6.42 Å². The average Bonchev–Trinajstić information content (AvgIpc) is 2.98. The summed E-state index contributed by atoms with van der Waals surface area (Å²) in [6, 6.07) is 0.